The number of likely N-dealkylation sites (N-methyl/N-ethyl adjacent to an activating group) is 1. The van der Waals surface area contributed by atoms with Crippen molar-refractivity contribution in [1.82, 2.24) is 9.80 Å². The number of methoxy groups -OCH3 is 1. The molecule has 1 N–H and O–H groups in total. The average Bonchev–Trinajstić information content (AvgIpc) is 2.77. The van der Waals surface area contributed by atoms with Gasteiger partial charge in [-0.2, -0.15) is 5.26 Å². The first-order chi connectivity index (χ1) is 10.0. The van der Waals surface area contributed by atoms with E-state index in [1.165, 1.54) is 0 Å². The fraction of sp³-hybridized carbons (Fsp3) is 0.562. The lowest BCUT2D eigenvalue weighted by atomic mass is 10.1. The van der Waals surface area contributed by atoms with Crippen LogP contribution in [0.15, 0.2) is 18.2 Å². The fourth-order valence-corrected chi connectivity index (χ4v) is 2.95. The van der Waals surface area contributed by atoms with E-state index < -0.39 is 0 Å². The second-order valence-electron chi connectivity index (χ2n) is 5.87. The molecule has 1 aliphatic rings. The van der Waals surface area contributed by atoms with Gasteiger partial charge in [0.05, 0.1) is 24.8 Å². The molecule has 2 atom stereocenters. The van der Waals surface area contributed by atoms with Crippen molar-refractivity contribution in [2.24, 2.45) is 0 Å². The summed E-state index contributed by atoms with van der Waals surface area (Å²) in [6.07, 6.45) is 0.512. The number of nitrogens with zero attached hydrogens (tertiary/aromatic N) is 3. The number of hydrogen-bond donors (Lipinski definition) is 1. The zero-order valence-corrected chi connectivity index (χ0v) is 12.9. The lowest BCUT2D eigenvalue weighted by Gasteiger charge is -2.27. The Kier molecular flexibility index (Phi) is 5.18. The SMILES string of the molecule is COc1ccc(C#N)cc1CN1CC(O)CC1CN(C)C. The van der Waals surface area contributed by atoms with Crippen molar-refractivity contribution >= 4 is 0 Å². The summed E-state index contributed by atoms with van der Waals surface area (Å²) in [5, 5.41) is 19.0. The Labute approximate surface area is 126 Å². The van der Waals surface area contributed by atoms with Crippen molar-refractivity contribution in [3.8, 4) is 11.8 Å². The molecule has 0 saturated carbocycles. The van der Waals surface area contributed by atoms with E-state index in [1.54, 1.807) is 13.2 Å². The Morgan fingerprint density at radius 1 is 1.48 bits per heavy atom. The van der Waals surface area contributed by atoms with Gasteiger partial charge in [0, 0.05) is 31.2 Å². The number of benzene rings is 1. The van der Waals surface area contributed by atoms with Crippen LogP contribution < -0.4 is 4.74 Å². The third kappa shape index (κ3) is 3.94. The number of aliphatic hydroxyl groups excluding tert-OH is 1. The predicted octanol–water partition coefficient (Wildman–Crippen LogP) is 1.06. The number of aliphatic hydroxyl groups is 1. The maximum atomic E-state index is 9.94. The molecule has 1 aromatic carbocycles. The molecule has 0 radical (unpaired) electrons. The third-order valence-electron chi connectivity index (χ3n) is 3.86. The maximum absolute atomic E-state index is 9.94. The van der Waals surface area contributed by atoms with Gasteiger partial charge < -0.3 is 14.7 Å². The van der Waals surface area contributed by atoms with Gasteiger partial charge in [-0.05, 0) is 38.7 Å². The topological polar surface area (TPSA) is 59.7 Å². The van der Waals surface area contributed by atoms with Crippen LogP contribution in [0.1, 0.15) is 17.5 Å². The van der Waals surface area contributed by atoms with Gasteiger partial charge in [-0.15, -0.1) is 0 Å². The fourth-order valence-electron chi connectivity index (χ4n) is 2.95. The summed E-state index contributed by atoms with van der Waals surface area (Å²) in [7, 11) is 5.72. The van der Waals surface area contributed by atoms with E-state index in [0.29, 0.717) is 24.7 Å². The summed E-state index contributed by atoms with van der Waals surface area (Å²) in [6.45, 7) is 2.27. The average molecular weight is 289 g/mol. The van der Waals surface area contributed by atoms with Crippen LogP contribution in [-0.4, -0.2) is 61.3 Å². The minimum absolute atomic E-state index is 0.278. The molecule has 21 heavy (non-hydrogen) atoms. The minimum Gasteiger partial charge on any atom is -0.496 e. The third-order valence-corrected chi connectivity index (χ3v) is 3.86. The van der Waals surface area contributed by atoms with Crippen LogP contribution in [0.5, 0.6) is 5.75 Å². The van der Waals surface area contributed by atoms with Crippen LogP contribution in [0.25, 0.3) is 0 Å². The number of β-amino-alcohol motifs (C(OH)–C–C–N with tert-alkyl or cyclic N) is 1. The highest BCUT2D eigenvalue weighted by molar-refractivity contribution is 5.42. The first kappa shape index (κ1) is 15.8. The highest BCUT2D eigenvalue weighted by atomic mass is 16.5. The number of hydrogen-bond acceptors (Lipinski definition) is 5. The van der Waals surface area contributed by atoms with Gasteiger partial charge in [0.15, 0.2) is 0 Å². The Balaban J connectivity index is 2.17. The largest absolute Gasteiger partial charge is 0.496 e. The number of nitriles is 1. The van der Waals surface area contributed by atoms with Gasteiger partial charge >= 0.3 is 0 Å². The van der Waals surface area contributed by atoms with Crippen molar-refractivity contribution < 1.29 is 9.84 Å². The van der Waals surface area contributed by atoms with Crippen molar-refractivity contribution in [1.29, 1.82) is 5.26 Å². The molecule has 0 amide bonds. The molecule has 0 aromatic heterocycles. The zero-order valence-electron chi connectivity index (χ0n) is 12.9. The molecule has 1 fully saturated rings. The molecule has 2 rings (SSSR count). The number of likely N-dealkylation sites (tertiary alicyclic amines) is 1. The first-order valence-electron chi connectivity index (χ1n) is 7.17. The van der Waals surface area contributed by atoms with E-state index in [2.05, 4.69) is 15.9 Å². The molecule has 2 unspecified atom stereocenters. The normalized spacial score (nSPS) is 22.5. The Morgan fingerprint density at radius 2 is 2.24 bits per heavy atom. The van der Waals surface area contributed by atoms with Crippen molar-refractivity contribution in [2.45, 2.75) is 25.1 Å². The molecule has 0 bridgehead atoms. The molecule has 5 nitrogen and oxygen atoms in total. The molecule has 5 heteroatoms. The number of rotatable bonds is 5. The Bertz CT molecular complexity index is 525. The second-order valence-corrected chi connectivity index (χ2v) is 5.87. The van der Waals surface area contributed by atoms with E-state index in [1.807, 2.05) is 26.2 Å². The highest BCUT2D eigenvalue weighted by Crippen LogP contribution is 2.26. The molecule has 1 aromatic rings. The second kappa shape index (κ2) is 6.90. The first-order valence-corrected chi connectivity index (χ1v) is 7.17. The summed E-state index contributed by atoms with van der Waals surface area (Å²) >= 11 is 0. The van der Waals surface area contributed by atoms with Gasteiger partial charge in [0.25, 0.3) is 0 Å². The molecular formula is C16H23N3O2. The lowest BCUT2D eigenvalue weighted by Crippen LogP contribution is -2.37. The summed E-state index contributed by atoms with van der Waals surface area (Å²) in [4.78, 5) is 4.41. The molecule has 1 aliphatic heterocycles. The van der Waals surface area contributed by atoms with Crippen molar-refractivity contribution in [3.63, 3.8) is 0 Å². The van der Waals surface area contributed by atoms with Crippen LogP contribution in [0.2, 0.25) is 0 Å². The highest BCUT2D eigenvalue weighted by Gasteiger charge is 2.31. The van der Waals surface area contributed by atoms with Gasteiger partial charge in [-0.3, -0.25) is 4.90 Å². The van der Waals surface area contributed by atoms with Crippen LogP contribution in [0.4, 0.5) is 0 Å². The van der Waals surface area contributed by atoms with Crippen LogP contribution in [0.3, 0.4) is 0 Å². The van der Waals surface area contributed by atoms with Gasteiger partial charge in [-0.25, -0.2) is 0 Å². The molecule has 114 valence electrons. The molecule has 1 saturated heterocycles. The lowest BCUT2D eigenvalue weighted by molar-refractivity contribution is 0.168. The summed E-state index contributed by atoms with van der Waals surface area (Å²) in [6, 6.07) is 7.96. The van der Waals surface area contributed by atoms with Crippen molar-refractivity contribution in [3.05, 3.63) is 29.3 Å². The van der Waals surface area contributed by atoms with Crippen molar-refractivity contribution in [2.75, 3.05) is 34.3 Å². The van der Waals surface area contributed by atoms with E-state index in [9.17, 15) is 5.11 Å². The zero-order chi connectivity index (χ0) is 15.4. The quantitative estimate of drug-likeness (QED) is 0.878. The Morgan fingerprint density at radius 3 is 2.86 bits per heavy atom. The standard InChI is InChI=1S/C16H23N3O2/c1-18(2)10-14-7-15(20)11-19(14)9-13-6-12(8-17)4-5-16(13)21-3/h4-6,14-15,20H,7,9-11H2,1-3H3. The molecule has 1 heterocycles. The van der Waals surface area contributed by atoms with E-state index >= 15 is 0 Å². The summed E-state index contributed by atoms with van der Waals surface area (Å²) in [5.41, 5.74) is 1.63. The molecule has 0 spiro atoms. The smallest absolute Gasteiger partial charge is 0.123 e. The predicted molar refractivity (Wildman–Crippen MR) is 81.1 cm³/mol. The van der Waals surface area contributed by atoms with Crippen LogP contribution >= 0.6 is 0 Å². The summed E-state index contributed by atoms with van der Waals surface area (Å²) < 4.78 is 5.39. The van der Waals surface area contributed by atoms with E-state index in [-0.39, 0.29) is 6.10 Å². The maximum Gasteiger partial charge on any atom is 0.123 e. The number of ether oxygens (including phenoxy) is 1. The summed E-state index contributed by atoms with van der Waals surface area (Å²) in [5.74, 6) is 0.791. The van der Waals surface area contributed by atoms with Gasteiger partial charge in [0.1, 0.15) is 5.75 Å². The van der Waals surface area contributed by atoms with Crippen LogP contribution in [0, 0.1) is 11.3 Å². The van der Waals surface area contributed by atoms with Crippen LogP contribution in [-0.2, 0) is 6.54 Å². The van der Waals surface area contributed by atoms with E-state index in [0.717, 1.165) is 24.3 Å². The molecule has 0 aliphatic carbocycles. The van der Waals surface area contributed by atoms with Gasteiger partial charge in [0.2, 0.25) is 0 Å². The molecular weight excluding hydrogens is 266 g/mol. The van der Waals surface area contributed by atoms with Gasteiger partial charge in [-0.1, -0.05) is 0 Å². The van der Waals surface area contributed by atoms with E-state index in [4.69, 9.17) is 10.00 Å². The Hall–Kier alpha value is -1.61. The monoisotopic (exact) mass is 289 g/mol. The minimum atomic E-state index is -0.278.